The topological polar surface area (TPSA) is 49.4 Å². The van der Waals surface area contributed by atoms with E-state index in [1.165, 1.54) is 22.7 Å². The number of rotatable bonds is 5. The predicted molar refractivity (Wildman–Crippen MR) is 84.4 cm³/mol. The van der Waals surface area contributed by atoms with Gasteiger partial charge in [-0.25, -0.2) is 21.5 Å². The Morgan fingerprint density at radius 1 is 1.17 bits per heavy atom. The standard InChI is InChI=1S/C16H22F2N2O2S/c1-23(21,22)20-8-6-13(7-9-20)19-16(11-2-3-11)14-10-12(17)4-5-15(14)18/h4-5,10-11,13,16,19H,2-3,6-9H2,1H3/t16-/m1/s1. The molecular formula is C16H22F2N2O2S. The third-order valence-corrected chi connectivity index (χ3v) is 6.03. The van der Waals surface area contributed by atoms with Gasteiger partial charge in [-0.2, -0.15) is 0 Å². The van der Waals surface area contributed by atoms with Gasteiger partial charge in [-0.1, -0.05) is 0 Å². The molecule has 0 aromatic heterocycles. The molecule has 23 heavy (non-hydrogen) atoms. The van der Waals surface area contributed by atoms with Crippen molar-refractivity contribution in [2.24, 2.45) is 5.92 Å². The van der Waals surface area contributed by atoms with Gasteiger partial charge in [0.15, 0.2) is 0 Å². The first-order valence-corrected chi connectivity index (χ1v) is 9.85. The molecule has 1 saturated carbocycles. The Morgan fingerprint density at radius 2 is 1.83 bits per heavy atom. The van der Waals surface area contributed by atoms with E-state index < -0.39 is 15.8 Å². The van der Waals surface area contributed by atoms with Gasteiger partial charge < -0.3 is 5.32 Å². The van der Waals surface area contributed by atoms with Crippen LogP contribution < -0.4 is 5.32 Å². The van der Waals surface area contributed by atoms with Gasteiger partial charge >= 0.3 is 0 Å². The van der Waals surface area contributed by atoms with Crippen LogP contribution in [-0.2, 0) is 10.0 Å². The molecule has 0 radical (unpaired) electrons. The van der Waals surface area contributed by atoms with Crippen LogP contribution in [0.5, 0.6) is 0 Å². The average Bonchev–Trinajstić information content (AvgIpc) is 3.32. The number of nitrogens with one attached hydrogen (secondary N) is 1. The number of sulfonamides is 1. The molecule has 1 heterocycles. The highest BCUT2D eigenvalue weighted by Gasteiger charge is 2.36. The number of benzene rings is 1. The highest BCUT2D eigenvalue weighted by Crippen LogP contribution is 2.42. The molecule has 1 saturated heterocycles. The first-order valence-electron chi connectivity index (χ1n) is 8.00. The fourth-order valence-corrected chi connectivity index (χ4v) is 4.14. The molecule has 1 aromatic rings. The summed E-state index contributed by atoms with van der Waals surface area (Å²) in [7, 11) is -3.15. The second kappa shape index (κ2) is 6.45. The van der Waals surface area contributed by atoms with Crippen molar-refractivity contribution in [1.82, 2.24) is 9.62 Å². The summed E-state index contributed by atoms with van der Waals surface area (Å²) in [4.78, 5) is 0. The molecule has 1 aliphatic carbocycles. The Morgan fingerprint density at radius 3 is 2.39 bits per heavy atom. The molecule has 1 N–H and O–H groups in total. The monoisotopic (exact) mass is 344 g/mol. The van der Waals surface area contributed by atoms with E-state index in [-0.39, 0.29) is 17.9 Å². The molecule has 7 heteroatoms. The van der Waals surface area contributed by atoms with E-state index in [2.05, 4.69) is 5.32 Å². The fourth-order valence-electron chi connectivity index (χ4n) is 3.27. The largest absolute Gasteiger partial charge is 0.307 e. The molecule has 4 nitrogen and oxygen atoms in total. The average molecular weight is 344 g/mol. The highest BCUT2D eigenvalue weighted by atomic mass is 32.2. The smallest absolute Gasteiger partial charge is 0.211 e. The summed E-state index contributed by atoms with van der Waals surface area (Å²) in [6.07, 6.45) is 4.61. The Hall–Kier alpha value is -1.05. The lowest BCUT2D eigenvalue weighted by molar-refractivity contribution is 0.265. The van der Waals surface area contributed by atoms with Crippen LogP contribution in [0.15, 0.2) is 18.2 Å². The van der Waals surface area contributed by atoms with Gasteiger partial charge in [-0.15, -0.1) is 0 Å². The number of halogens is 2. The molecule has 1 atom stereocenters. The lowest BCUT2D eigenvalue weighted by atomic mass is 9.98. The SMILES string of the molecule is CS(=O)(=O)N1CCC(N[C@@H](c2cc(F)ccc2F)C2CC2)CC1. The van der Waals surface area contributed by atoms with Crippen molar-refractivity contribution in [3.63, 3.8) is 0 Å². The summed E-state index contributed by atoms with van der Waals surface area (Å²) in [5.41, 5.74) is 0.387. The van der Waals surface area contributed by atoms with Crippen molar-refractivity contribution in [2.45, 2.75) is 37.8 Å². The second-order valence-corrected chi connectivity index (χ2v) is 8.57. The van der Waals surface area contributed by atoms with Crippen molar-refractivity contribution >= 4 is 10.0 Å². The number of piperidine rings is 1. The first kappa shape index (κ1) is 16.8. The number of nitrogens with zero attached hydrogens (tertiary/aromatic N) is 1. The van der Waals surface area contributed by atoms with Crippen LogP contribution in [0.4, 0.5) is 8.78 Å². The number of hydrogen-bond acceptors (Lipinski definition) is 3. The Labute approximate surface area is 135 Å². The van der Waals surface area contributed by atoms with Crippen molar-refractivity contribution in [1.29, 1.82) is 0 Å². The van der Waals surface area contributed by atoms with Crippen molar-refractivity contribution in [3.8, 4) is 0 Å². The molecule has 2 fully saturated rings. The van der Waals surface area contributed by atoms with Gasteiger partial charge in [-0.3, -0.25) is 0 Å². The van der Waals surface area contributed by atoms with Crippen LogP contribution in [0.1, 0.15) is 37.3 Å². The third kappa shape index (κ3) is 4.08. The fraction of sp³-hybridized carbons (Fsp3) is 0.625. The maximum atomic E-state index is 14.1. The minimum absolute atomic E-state index is 0.126. The summed E-state index contributed by atoms with van der Waals surface area (Å²) in [6.45, 7) is 0.943. The molecule has 2 aliphatic rings. The Balaban J connectivity index is 1.69. The quantitative estimate of drug-likeness (QED) is 0.892. The molecule has 1 aromatic carbocycles. The van der Waals surface area contributed by atoms with Gasteiger partial charge in [0.05, 0.1) is 6.26 Å². The molecule has 3 rings (SSSR count). The molecule has 0 amide bonds. The maximum absolute atomic E-state index is 14.1. The van der Waals surface area contributed by atoms with Crippen LogP contribution in [-0.4, -0.2) is 38.1 Å². The van der Waals surface area contributed by atoms with Crippen molar-refractivity contribution in [3.05, 3.63) is 35.4 Å². The van der Waals surface area contributed by atoms with Gasteiger partial charge in [0.25, 0.3) is 0 Å². The van der Waals surface area contributed by atoms with E-state index in [1.54, 1.807) is 0 Å². The lowest BCUT2D eigenvalue weighted by Gasteiger charge is -2.33. The minimum Gasteiger partial charge on any atom is -0.307 e. The molecule has 128 valence electrons. The highest BCUT2D eigenvalue weighted by molar-refractivity contribution is 7.88. The minimum atomic E-state index is -3.15. The van der Waals surface area contributed by atoms with E-state index in [9.17, 15) is 17.2 Å². The van der Waals surface area contributed by atoms with Crippen LogP contribution in [0.2, 0.25) is 0 Å². The predicted octanol–water partition coefficient (Wildman–Crippen LogP) is 2.43. The molecule has 0 unspecified atom stereocenters. The van der Waals surface area contributed by atoms with E-state index in [0.29, 0.717) is 37.4 Å². The van der Waals surface area contributed by atoms with E-state index in [0.717, 1.165) is 18.9 Å². The summed E-state index contributed by atoms with van der Waals surface area (Å²) in [5, 5.41) is 3.45. The zero-order valence-corrected chi connectivity index (χ0v) is 14.0. The Bertz CT molecular complexity index is 669. The van der Waals surface area contributed by atoms with Gasteiger partial charge in [0.1, 0.15) is 11.6 Å². The van der Waals surface area contributed by atoms with E-state index in [1.807, 2.05) is 0 Å². The van der Waals surface area contributed by atoms with Gasteiger partial charge in [-0.05, 0) is 49.8 Å². The van der Waals surface area contributed by atoms with E-state index >= 15 is 0 Å². The maximum Gasteiger partial charge on any atom is 0.211 e. The zero-order chi connectivity index (χ0) is 16.6. The zero-order valence-electron chi connectivity index (χ0n) is 13.1. The lowest BCUT2D eigenvalue weighted by Crippen LogP contribution is -2.45. The molecule has 0 spiro atoms. The Kier molecular flexibility index (Phi) is 4.71. The summed E-state index contributed by atoms with van der Waals surface area (Å²) in [5.74, 6) is -0.482. The normalized spacial score (nSPS) is 22.2. The summed E-state index contributed by atoms with van der Waals surface area (Å²) < 4.78 is 52.1. The molecule has 0 bridgehead atoms. The van der Waals surface area contributed by atoms with Crippen molar-refractivity contribution in [2.75, 3.05) is 19.3 Å². The summed E-state index contributed by atoms with van der Waals surface area (Å²) >= 11 is 0. The van der Waals surface area contributed by atoms with Crippen LogP contribution in [0, 0.1) is 17.6 Å². The second-order valence-electron chi connectivity index (χ2n) is 6.58. The van der Waals surface area contributed by atoms with Crippen LogP contribution in [0.25, 0.3) is 0 Å². The summed E-state index contributed by atoms with van der Waals surface area (Å²) in [6, 6.07) is 3.51. The van der Waals surface area contributed by atoms with Gasteiger partial charge in [0, 0.05) is 30.7 Å². The third-order valence-electron chi connectivity index (χ3n) is 4.72. The van der Waals surface area contributed by atoms with Crippen molar-refractivity contribution < 1.29 is 17.2 Å². The first-order chi connectivity index (χ1) is 10.8. The number of hydrogen-bond donors (Lipinski definition) is 1. The van der Waals surface area contributed by atoms with E-state index in [4.69, 9.17) is 0 Å². The van der Waals surface area contributed by atoms with Crippen LogP contribution >= 0.6 is 0 Å². The molecule has 1 aliphatic heterocycles. The molecular weight excluding hydrogens is 322 g/mol. The van der Waals surface area contributed by atoms with Gasteiger partial charge in [0.2, 0.25) is 10.0 Å². The van der Waals surface area contributed by atoms with Crippen LogP contribution in [0.3, 0.4) is 0 Å².